The molecule has 0 atom stereocenters. The molecule has 0 saturated heterocycles. The minimum atomic E-state index is 0.855. The summed E-state index contributed by atoms with van der Waals surface area (Å²) in [4.78, 5) is 0. The highest BCUT2D eigenvalue weighted by atomic mass is 16.5. The standard InChI is InChI=1S/C18H16O2/c1-19-17-10-6-9-14-11-15(13-7-4-3-5-8-13)18(20-2)12-16(14)17/h3-12H,1-2H3. The summed E-state index contributed by atoms with van der Waals surface area (Å²) in [6.07, 6.45) is 0. The van der Waals surface area contributed by atoms with Gasteiger partial charge in [-0.1, -0.05) is 42.5 Å². The summed E-state index contributed by atoms with van der Waals surface area (Å²) < 4.78 is 11.0. The lowest BCUT2D eigenvalue weighted by atomic mass is 9.99. The van der Waals surface area contributed by atoms with E-state index in [4.69, 9.17) is 9.47 Å². The first kappa shape index (κ1) is 12.5. The SMILES string of the molecule is COc1cc2c(OC)cccc2cc1-c1ccccc1. The molecule has 100 valence electrons. The molecule has 0 aliphatic rings. The van der Waals surface area contributed by atoms with Crippen LogP contribution in [0.2, 0.25) is 0 Å². The van der Waals surface area contributed by atoms with Gasteiger partial charge in [-0.15, -0.1) is 0 Å². The number of hydrogen-bond donors (Lipinski definition) is 0. The summed E-state index contributed by atoms with van der Waals surface area (Å²) in [5, 5.41) is 2.20. The first-order valence-electron chi connectivity index (χ1n) is 6.53. The first-order chi connectivity index (χ1) is 9.83. The van der Waals surface area contributed by atoms with E-state index in [0.29, 0.717) is 0 Å². The van der Waals surface area contributed by atoms with Crippen LogP contribution in [-0.4, -0.2) is 14.2 Å². The second kappa shape index (κ2) is 5.25. The Balaban J connectivity index is 2.28. The molecule has 2 heteroatoms. The van der Waals surface area contributed by atoms with Crippen molar-refractivity contribution in [2.75, 3.05) is 14.2 Å². The van der Waals surface area contributed by atoms with Crippen LogP contribution in [0.5, 0.6) is 11.5 Å². The predicted octanol–water partition coefficient (Wildman–Crippen LogP) is 4.52. The van der Waals surface area contributed by atoms with Crippen molar-refractivity contribution in [3.05, 3.63) is 60.7 Å². The van der Waals surface area contributed by atoms with Gasteiger partial charge in [0, 0.05) is 10.9 Å². The lowest BCUT2D eigenvalue weighted by Crippen LogP contribution is -1.90. The van der Waals surface area contributed by atoms with E-state index < -0.39 is 0 Å². The minimum absolute atomic E-state index is 0.855. The van der Waals surface area contributed by atoms with E-state index in [9.17, 15) is 0 Å². The number of benzene rings is 3. The monoisotopic (exact) mass is 264 g/mol. The summed E-state index contributed by atoms with van der Waals surface area (Å²) >= 11 is 0. The Morgan fingerprint density at radius 2 is 1.45 bits per heavy atom. The number of ether oxygens (including phenoxy) is 2. The molecule has 0 unspecified atom stereocenters. The van der Waals surface area contributed by atoms with Crippen molar-refractivity contribution in [3.8, 4) is 22.6 Å². The van der Waals surface area contributed by atoms with Gasteiger partial charge in [0.25, 0.3) is 0 Å². The van der Waals surface area contributed by atoms with Crippen LogP contribution in [0.3, 0.4) is 0 Å². The van der Waals surface area contributed by atoms with Crippen LogP contribution in [-0.2, 0) is 0 Å². The molecule has 0 radical (unpaired) electrons. The van der Waals surface area contributed by atoms with Gasteiger partial charge in [-0.25, -0.2) is 0 Å². The van der Waals surface area contributed by atoms with Gasteiger partial charge < -0.3 is 9.47 Å². The molecule has 0 aliphatic carbocycles. The maximum absolute atomic E-state index is 5.55. The van der Waals surface area contributed by atoms with Gasteiger partial charge in [-0.05, 0) is 29.1 Å². The Labute approximate surface area is 118 Å². The highest BCUT2D eigenvalue weighted by Crippen LogP contribution is 2.37. The largest absolute Gasteiger partial charge is 0.496 e. The molecular weight excluding hydrogens is 248 g/mol. The van der Waals surface area contributed by atoms with E-state index in [2.05, 4.69) is 24.3 Å². The molecule has 0 bridgehead atoms. The zero-order valence-corrected chi connectivity index (χ0v) is 11.6. The van der Waals surface area contributed by atoms with E-state index in [1.165, 1.54) is 0 Å². The molecule has 0 N–H and O–H groups in total. The molecule has 3 rings (SSSR count). The van der Waals surface area contributed by atoms with E-state index in [1.807, 2.05) is 36.4 Å². The third-order valence-corrected chi connectivity index (χ3v) is 3.47. The van der Waals surface area contributed by atoms with Gasteiger partial charge in [0.15, 0.2) is 0 Å². The molecule has 20 heavy (non-hydrogen) atoms. The van der Waals surface area contributed by atoms with Crippen LogP contribution in [0.4, 0.5) is 0 Å². The van der Waals surface area contributed by atoms with Gasteiger partial charge >= 0.3 is 0 Å². The smallest absolute Gasteiger partial charge is 0.127 e. The van der Waals surface area contributed by atoms with Crippen LogP contribution in [0.1, 0.15) is 0 Å². The molecule has 0 amide bonds. The van der Waals surface area contributed by atoms with Gasteiger partial charge in [0.1, 0.15) is 11.5 Å². The molecule has 2 nitrogen and oxygen atoms in total. The summed E-state index contributed by atoms with van der Waals surface area (Å²) in [6, 6.07) is 20.5. The van der Waals surface area contributed by atoms with Crippen molar-refractivity contribution in [2.24, 2.45) is 0 Å². The van der Waals surface area contributed by atoms with E-state index in [-0.39, 0.29) is 0 Å². The normalized spacial score (nSPS) is 10.5. The molecule has 3 aromatic rings. The molecule has 0 aliphatic heterocycles. The van der Waals surface area contributed by atoms with Crippen LogP contribution in [0.25, 0.3) is 21.9 Å². The van der Waals surface area contributed by atoms with Crippen LogP contribution < -0.4 is 9.47 Å². The lowest BCUT2D eigenvalue weighted by Gasteiger charge is -2.12. The van der Waals surface area contributed by atoms with E-state index >= 15 is 0 Å². The van der Waals surface area contributed by atoms with Crippen molar-refractivity contribution < 1.29 is 9.47 Å². The second-order valence-corrected chi connectivity index (χ2v) is 4.60. The van der Waals surface area contributed by atoms with Crippen molar-refractivity contribution in [1.29, 1.82) is 0 Å². The maximum atomic E-state index is 5.55. The fourth-order valence-electron chi connectivity index (χ4n) is 2.47. The third-order valence-electron chi connectivity index (χ3n) is 3.47. The van der Waals surface area contributed by atoms with Gasteiger partial charge in [0.2, 0.25) is 0 Å². The minimum Gasteiger partial charge on any atom is -0.496 e. The number of methoxy groups -OCH3 is 2. The second-order valence-electron chi connectivity index (χ2n) is 4.60. The van der Waals surface area contributed by atoms with Crippen LogP contribution in [0, 0.1) is 0 Å². The Hall–Kier alpha value is -2.48. The van der Waals surface area contributed by atoms with E-state index in [1.54, 1.807) is 14.2 Å². The van der Waals surface area contributed by atoms with Gasteiger partial charge in [0.05, 0.1) is 14.2 Å². The molecule has 0 fully saturated rings. The highest BCUT2D eigenvalue weighted by Gasteiger charge is 2.10. The quantitative estimate of drug-likeness (QED) is 0.692. The molecule has 3 aromatic carbocycles. The van der Waals surface area contributed by atoms with Crippen molar-refractivity contribution in [2.45, 2.75) is 0 Å². The number of rotatable bonds is 3. The molecule has 0 aromatic heterocycles. The Morgan fingerprint density at radius 1 is 0.700 bits per heavy atom. The topological polar surface area (TPSA) is 18.5 Å². The Morgan fingerprint density at radius 3 is 2.15 bits per heavy atom. The van der Waals surface area contributed by atoms with Crippen LogP contribution in [0.15, 0.2) is 60.7 Å². The molecule has 0 spiro atoms. The third kappa shape index (κ3) is 2.10. The lowest BCUT2D eigenvalue weighted by molar-refractivity contribution is 0.413. The van der Waals surface area contributed by atoms with Gasteiger partial charge in [-0.2, -0.15) is 0 Å². The Kier molecular flexibility index (Phi) is 3.30. The van der Waals surface area contributed by atoms with Gasteiger partial charge in [-0.3, -0.25) is 0 Å². The average Bonchev–Trinajstić information content (AvgIpc) is 2.53. The summed E-state index contributed by atoms with van der Waals surface area (Å²) in [6.45, 7) is 0. The summed E-state index contributed by atoms with van der Waals surface area (Å²) in [7, 11) is 3.38. The van der Waals surface area contributed by atoms with Crippen LogP contribution >= 0.6 is 0 Å². The van der Waals surface area contributed by atoms with Crippen molar-refractivity contribution in [3.63, 3.8) is 0 Å². The summed E-state index contributed by atoms with van der Waals surface area (Å²) in [5.74, 6) is 1.72. The fourth-order valence-corrected chi connectivity index (χ4v) is 2.47. The van der Waals surface area contributed by atoms with Crippen molar-refractivity contribution >= 4 is 10.8 Å². The number of fused-ring (bicyclic) bond motifs is 1. The van der Waals surface area contributed by atoms with E-state index in [0.717, 1.165) is 33.4 Å². The predicted molar refractivity (Wildman–Crippen MR) is 82.5 cm³/mol. The molecule has 0 saturated carbocycles. The number of hydrogen-bond acceptors (Lipinski definition) is 2. The maximum Gasteiger partial charge on any atom is 0.127 e. The molecular formula is C18H16O2. The summed E-state index contributed by atoms with van der Waals surface area (Å²) in [5.41, 5.74) is 2.24. The highest BCUT2D eigenvalue weighted by molar-refractivity contribution is 5.94. The average molecular weight is 264 g/mol. The zero-order chi connectivity index (χ0) is 13.9. The first-order valence-corrected chi connectivity index (χ1v) is 6.53. The van der Waals surface area contributed by atoms with Crippen molar-refractivity contribution in [1.82, 2.24) is 0 Å². The molecule has 0 heterocycles. The Bertz CT molecular complexity index is 733. The fraction of sp³-hybridized carbons (Fsp3) is 0.111. The zero-order valence-electron chi connectivity index (χ0n) is 11.6.